The van der Waals surface area contributed by atoms with Crippen molar-refractivity contribution in [3.8, 4) is 11.4 Å². The van der Waals surface area contributed by atoms with Crippen molar-refractivity contribution in [3.05, 3.63) is 76.2 Å². The maximum Gasteiger partial charge on any atom is 0.316 e. The Labute approximate surface area is 204 Å². The molecule has 2 fully saturated rings. The van der Waals surface area contributed by atoms with Crippen LogP contribution in [0.3, 0.4) is 0 Å². The lowest BCUT2D eigenvalue weighted by atomic mass is 10.2. The summed E-state index contributed by atoms with van der Waals surface area (Å²) in [5.74, 6) is 0.401. The number of hydrogen-bond donors (Lipinski definition) is 1. The maximum absolute atomic E-state index is 13.5. The van der Waals surface area contributed by atoms with Gasteiger partial charge in [0.15, 0.2) is 0 Å². The van der Waals surface area contributed by atoms with E-state index in [4.69, 9.17) is 16.3 Å². The molecule has 0 bridgehead atoms. The topological polar surface area (TPSA) is 62.6 Å². The minimum Gasteiger partial charge on any atom is -0.483 e. The summed E-state index contributed by atoms with van der Waals surface area (Å²) in [7, 11) is 0. The Hall–Kier alpha value is -3.03. The molecule has 0 unspecified atom stereocenters. The van der Waals surface area contributed by atoms with Crippen LogP contribution in [0.25, 0.3) is 5.69 Å². The lowest BCUT2D eigenvalue weighted by molar-refractivity contribution is 0.205. The molecule has 7 nitrogen and oxygen atoms in total. The molecule has 0 radical (unpaired) electrons. The first-order chi connectivity index (χ1) is 16.7. The average molecular weight is 480 g/mol. The molecule has 0 atom stereocenters. The Morgan fingerprint density at radius 2 is 1.76 bits per heavy atom. The van der Waals surface area contributed by atoms with E-state index < -0.39 is 0 Å². The summed E-state index contributed by atoms with van der Waals surface area (Å²) in [5, 5.41) is 8.53. The number of anilines is 2. The number of halogens is 1. The summed E-state index contributed by atoms with van der Waals surface area (Å²) in [6.45, 7) is 4.18. The Balaban J connectivity index is 1.34. The highest BCUT2D eigenvalue weighted by molar-refractivity contribution is 6.30. The van der Waals surface area contributed by atoms with Crippen molar-refractivity contribution in [2.24, 2.45) is 0 Å². The fraction of sp³-hybridized carbons (Fsp3) is 0.385. The van der Waals surface area contributed by atoms with Crippen LogP contribution in [-0.2, 0) is 0 Å². The van der Waals surface area contributed by atoms with Crippen molar-refractivity contribution in [2.45, 2.75) is 31.8 Å². The minimum atomic E-state index is -0.236. The predicted molar refractivity (Wildman–Crippen MR) is 136 cm³/mol. The van der Waals surface area contributed by atoms with Crippen LogP contribution < -0.4 is 20.5 Å². The molecule has 2 heterocycles. The monoisotopic (exact) mass is 479 g/mol. The van der Waals surface area contributed by atoms with E-state index in [9.17, 15) is 4.79 Å². The van der Waals surface area contributed by atoms with Crippen LogP contribution in [-0.4, -0.2) is 53.6 Å². The van der Waals surface area contributed by atoms with Gasteiger partial charge in [0, 0.05) is 36.9 Å². The zero-order valence-corrected chi connectivity index (χ0v) is 20.0. The Bertz CT molecular complexity index is 1160. The van der Waals surface area contributed by atoms with E-state index in [-0.39, 0.29) is 11.7 Å². The fourth-order valence-electron chi connectivity index (χ4n) is 4.64. The van der Waals surface area contributed by atoms with E-state index >= 15 is 0 Å². The molecule has 1 N–H and O–H groups in total. The standard InChI is InChI=1S/C26H30ClN5O2/c27-20-7-6-10-22(17-20)32-26(33)25(34-23-11-4-5-12-23)24(18-29-32)31-15-13-30(14-16-31)19-28-21-8-2-1-3-9-21/h1-3,6-10,17-18,23,28H,4-5,11-16,19H2. The van der Waals surface area contributed by atoms with Gasteiger partial charge in [0.25, 0.3) is 0 Å². The van der Waals surface area contributed by atoms with Crippen molar-refractivity contribution >= 4 is 23.0 Å². The van der Waals surface area contributed by atoms with Crippen molar-refractivity contribution in [2.75, 3.05) is 43.1 Å². The van der Waals surface area contributed by atoms with Crippen molar-refractivity contribution in [1.29, 1.82) is 0 Å². The lowest BCUT2D eigenvalue weighted by Crippen LogP contribution is -2.48. The number of aromatic nitrogens is 2. The third kappa shape index (κ3) is 5.21. The molecule has 0 spiro atoms. The summed E-state index contributed by atoms with van der Waals surface area (Å²) in [6, 6.07) is 17.4. The van der Waals surface area contributed by atoms with Gasteiger partial charge in [-0.15, -0.1) is 0 Å². The first-order valence-corrected chi connectivity index (χ1v) is 12.4. The van der Waals surface area contributed by atoms with Crippen LogP contribution >= 0.6 is 11.6 Å². The zero-order valence-electron chi connectivity index (χ0n) is 19.2. The number of para-hydroxylation sites is 1. The normalized spacial score (nSPS) is 17.1. The van der Waals surface area contributed by atoms with E-state index in [2.05, 4.69) is 32.3 Å². The van der Waals surface area contributed by atoms with E-state index in [1.807, 2.05) is 30.3 Å². The van der Waals surface area contributed by atoms with Crippen LogP contribution in [0, 0.1) is 0 Å². The summed E-state index contributed by atoms with van der Waals surface area (Å²) in [5.41, 5.74) is 2.30. The van der Waals surface area contributed by atoms with Gasteiger partial charge in [0.1, 0.15) is 5.69 Å². The van der Waals surface area contributed by atoms with Gasteiger partial charge in [-0.05, 0) is 56.0 Å². The number of piperazine rings is 1. The molecule has 0 amide bonds. The molecule has 1 aliphatic carbocycles. The highest BCUT2D eigenvalue weighted by Gasteiger charge is 2.26. The van der Waals surface area contributed by atoms with Gasteiger partial charge in [-0.1, -0.05) is 35.9 Å². The van der Waals surface area contributed by atoms with Gasteiger partial charge in [-0.2, -0.15) is 9.78 Å². The quantitative estimate of drug-likeness (QED) is 0.542. The highest BCUT2D eigenvalue weighted by Crippen LogP contribution is 2.30. The van der Waals surface area contributed by atoms with Gasteiger partial charge in [0.05, 0.1) is 24.7 Å². The van der Waals surface area contributed by atoms with Crippen LogP contribution in [0.15, 0.2) is 65.6 Å². The molecule has 1 aliphatic heterocycles. The smallest absolute Gasteiger partial charge is 0.316 e. The maximum atomic E-state index is 13.5. The number of nitrogens with zero attached hydrogens (tertiary/aromatic N) is 4. The van der Waals surface area contributed by atoms with Gasteiger partial charge in [-0.3, -0.25) is 9.69 Å². The Morgan fingerprint density at radius 1 is 1.00 bits per heavy atom. The molecule has 1 saturated carbocycles. The first kappa shape index (κ1) is 22.7. The van der Waals surface area contributed by atoms with Gasteiger partial charge < -0.3 is 15.0 Å². The van der Waals surface area contributed by atoms with Crippen LogP contribution in [0.5, 0.6) is 5.75 Å². The van der Waals surface area contributed by atoms with Crippen LogP contribution in [0.1, 0.15) is 25.7 Å². The second kappa shape index (κ2) is 10.5. The van der Waals surface area contributed by atoms with Crippen LogP contribution in [0.2, 0.25) is 5.02 Å². The summed E-state index contributed by atoms with van der Waals surface area (Å²) in [6.07, 6.45) is 6.10. The highest BCUT2D eigenvalue weighted by atomic mass is 35.5. The van der Waals surface area contributed by atoms with E-state index in [0.29, 0.717) is 16.5 Å². The lowest BCUT2D eigenvalue weighted by Gasteiger charge is -2.36. The van der Waals surface area contributed by atoms with Crippen molar-refractivity contribution in [3.63, 3.8) is 0 Å². The van der Waals surface area contributed by atoms with E-state index in [1.165, 1.54) is 4.68 Å². The van der Waals surface area contributed by atoms with E-state index in [1.54, 1.807) is 18.3 Å². The average Bonchev–Trinajstić information content (AvgIpc) is 3.38. The van der Waals surface area contributed by atoms with Crippen molar-refractivity contribution in [1.82, 2.24) is 14.7 Å². The number of hydrogen-bond acceptors (Lipinski definition) is 6. The van der Waals surface area contributed by atoms with Gasteiger partial charge in [-0.25, -0.2) is 0 Å². The largest absolute Gasteiger partial charge is 0.483 e. The zero-order chi connectivity index (χ0) is 23.3. The predicted octanol–water partition coefficient (Wildman–Crippen LogP) is 4.40. The second-order valence-electron chi connectivity index (χ2n) is 8.89. The number of nitrogens with one attached hydrogen (secondary N) is 1. The number of ether oxygens (including phenoxy) is 1. The summed E-state index contributed by atoms with van der Waals surface area (Å²) in [4.78, 5) is 18.1. The molecule has 2 aliphatic rings. The molecule has 1 saturated heterocycles. The molecular formula is C26H30ClN5O2. The van der Waals surface area contributed by atoms with Gasteiger partial charge in [0.2, 0.25) is 5.75 Å². The third-order valence-corrected chi connectivity index (χ3v) is 6.78. The molecule has 3 aromatic rings. The molecule has 178 valence electrons. The van der Waals surface area contributed by atoms with Crippen molar-refractivity contribution < 1.29 is 4.74 Å². The molecule has 34 heavy (non-hydrogen) atoms. The molecule has 1 aromatic heterocycles. The Kier molecular flexibility index (Phi) is 7.02. The minimum absolute atomic E-state index is 0.0815. The van der Waals surface area contributed by atoms with Crippen LogP contribution in [0.4, 0.5) is 11.4 Å². The number of benzene rings is 2. The summed E-state index contributed by atoms with van der Waals surface area (Å²) >= 11 is 6.16. The molecule has 8 heteroatoms. The molecular weight excluding hydrogens is 450 g/mol. The second-order valence-corrected chi connectivity index (χ2v) is 9.32. The third-order valence-electron chi connectivity index (χ3n) is 6.55. The fourth-order valence-corrected chi connectivity index (χ4v) is 4.82. The first-order valence-electron chi connectivity index (χ1n) is 12.0. The number of rotatable bonds is 7. The van der Waals surface area contributed by atoms with E-state index in [0.717, 1.165) is 69.9 Å². The summed E-state index contributed by atoms with van der Waals surface area (Å²) < 4.78 is 7.73. The molecule has 5 rings (SSSR count). The van der Waals surface area contributed by atoms with Gasteiger partial charge >= 0.3 is 5.56 Å². The molecule has 2 aromatic carbocycles. The Morgan fingerprint density at radius 3 is 2.50 bits per heavy atom. The SMILES string of the molecule is O=c1c(OC2CCCC2)c(N2CCN(CNc3ccccc3)CC2)cnn1-c1cccc(Cl)c1.